The van der Waals surface area contributed by atoms with E-state index in [-0.39, 0.29) is 6.71 Å². The largest absolute Gasteiger partial charge is 0.311 e. The van der Waals surface area contributed by atoms with Gasteiger partial charge in [0.2, 0.25) is 0 Å². The van der Waals surface area contributed by atoms with Gasteiger partial charge in [-0.15, -0.1) is 11.3 Å². The molecular weight excluding hydrogens is 876 g/mol. The third-order valence-electron chi connectivity index (χ3n) is 17.1. The lowest BCUT2D eigenvalue weighted by Crippen LogP contribution is -2.60. The van der Waals surface area contributed by atoms with Crippen LogP contribution in [0, 0.1) is 6.92 Å². The molecule has 10 aromatic carbocycles. The SMILES string of the molecule is Cc1ccc2c(c1)C1(c3ccccc3-c3ccccc31)c1sc3c(c1-2)N(c1ccccc1)c1cccc2c1B3c1cc3c(cc1N2c1ccccc1)-c1ccccc1C31c2ccccc2-c2ccccc21. The van der Waals surface area contributed by atoms with E-state index in [2.05, 4.69) is 259 Å². The van der Waals surface area contributed by atoms with E-state index in [0.29, 0.717) is 0 Å². The summed E-state index contributed by atoms with van der Waals surface area (Å²) < 4.78 is 1.40. The molecular formula is C67H41BN2S. The molecule has 6 aliphatic rings. The fraction of sp³-hybridized carbons (Fsp3) is 0.0448. The molecule has 17 rings (SSSR count). The zero-order valence-electron chi connectivity index (χ0n) is 38.8. The summed E-state index contributed by atoms with van der Waals surface area (Å²) in [5.41, 5.74) is 30.6. The Labute approximate surface area is 417 Å². The molecule has 2 aliphatic heterocycles. The zero-order valence-corrected chi connectivity index (χ0v) is 39.6. The molecule has 0 unspecified atom stereocenters. The van der Waals surface area contributed by atoms with Crippen LogP contribution in [0.25, 0.3) is 44.5 Å². The summed E-state index contributed by atoms with van der Waals surface area (Å²) in [6, 6.07) is 88.1. The van der Waals surface area contributed by atoms with Crippen molar-refractivity contribution >= 4 is 67.9 Å². The number of hydrogen-bond donors (Lipinski definition) is 0. The molecule has 71 heavy (non-hydrogen) atoms. The van der Waals surface area contributed by atoms with E-state index < -0.39 is 10.8 Å². The van der Waals surface area contributed by atoms with Crippen molar-refractivity contribution in [3.63, 3.8) is 0 Å². The summed E-state index contributed by atoms with van der Waals surface area (Å²) in [6.45, 7) is 2.20. The van der Waals surface area contributed by atoms with Gasteiger partial charge in [0.05, 0.1) is 16.5 Å². The van der Waals surface area contributed by atoms with Crippen LogP contribution in [0.2, 0.25) is 0 Å². The average Bonchev–Trinajstić information content (AvgIpc) is 4.21. The van der Waals surface area contributed by atoms with Gasteiger partial charge in [-0.25, -0.2) is 0 Å². The smallest absolute Gasteiger partial charge is 0.264 e. The summed E-state index contributed by atoms with van der Waals surface area (Å²) in [6.07, 6.45) is 0. The minimum Gasteiger partial charge on any atom is -0.311 e. The van der Waals surface area contributed by atoms with Crippen LogP contribution in [0.4, 0.5) is 34.1 Å². The van der Waals surface area contributed by atoms with Crippen molar-refractivity contribution < 1.29 is 0 Å². The van der Waals surface area contributed by atoms with Gasteiger partial charge in [0.25, 0.3) is 6.71 Å². The minimum atomic E-state index is -0.478. The Morgan fingerprint density at radius 2 is 0.831 bits per heavy atom. The number of fused-ring (bicyclic) bond motifs is 25. The monoisotopic (exact) mass is 916 g/mol. The molecule has 0 fully saturated rings. The van der Waals surface area contributed by atoms with Gasteiger partial charge in [0.1, 0.15) is 0 Å². The fourth-order valence-corrected chi connectivity index (χ4v) is 16.3. The van der Waals surface area contributed by atoms with Gasteiger partial charge in [0.15, 0.2) is 0 Å². The molecule has 2 spiro atoms. The van der Waals surface area contributed by atoms with Gasteiger partial charge >= 0.3 is 0 Å². The van der Waals surface area contributed by atoms with Crippen molar-refractivity contribution in [3.8, 4) is 44.5 Å². The lowest BCUT2D eigenvalue weighted by atomic mass is 9.36. The van der Waals surface area contributed by atoms with Gasteiger partial charge in [-0.1, -0.05) is 194 Å². The quantitative estimate of drug-likeness (QED) is 0.159. The van der Waals surface area contributed by atoms with Crippen molar-refractivity contribution in [3.05, 3.63) is 280 Å². The topological polar surface area (TPSA) is 6.48 Å². The van der Waals surface area contributed by atoms with Crippen LogP contribution < -0.4 is 25.5 Å². The van der Waals surface area contributed by atoms with Crippen LogP contribution in [0.15, 0.2) is 231 Å². The lowest BCUT2D eigenvalue weighted by molar-refractivity contribution is 0.794. The highest BCUT2D eigenvalue weighted by Crippen LogP contribution is 2.68. The Kier molecular flexibility index (Phi) is 7.28. The first kappa shape index (κ1) is 38.4. The molecule has 0 amide bonds. The molecule has 0 atom stereocenters. The Balaban J connectivity index is 1.04. The Morgan fingerprint density at radius 1 is 0.366 bits per heavy atom. The molecule has 0 bridgehead atoms. The number of anilines is 6. The number of hydrogen-bond acceptors (Lipinski definition) is 3. The first-order valence-electron chi connectivity index (χ1n) is 25.0. The summed E-state index contributed by atoms with van der Waals surface area (Å²) in [5, 5.41) is 0. The summed E-state index contributed by atoms with van der Waals surface area (Å²) in [5.74, 6) is 0. The van der Waals surface area contributed by atoms with Crippen LogP contribution in [-0.4, -0.2) is 6.71 Å². The highest BCUT2D eigenvalue weighted by molar-refractivity contribution is 7.30. The normalized spacial score (nSPS) is 15.3. The number of aryl methyl sites for hydroxylation is 1. The first-order valence-corrected chi connectivity index (χ1v) is 25.8. The van der Waals surface area contributed by atoms with Gasteiger partial charge in [-0.3, -0.25) is 0 Å². The summed E-state index contributed by atoms with van der Waals surface area (Å²) >= 11 is 2.07. The molecule has 0 saturated carbocycles. The van der Waals surface area contributed by atoms with Crippen LogP contribution in [0.1, 0.15) is 49.4 Å². The van der Waals surface area contributed by atoms with Crippen molar-refractivity contribution in [1.82, 2.24) is 0 Å². The standard InChI is InChI=1S/C67H41BN2S/c1-40-35-36-48-55(37-40)67(53-31-16-10-25-45(53)46-26-11-17-32-54(46)67)64-61(48)63-65(71-64)68-57-39-56-49(47-27-12-15-30-52(47)66(56)50-28-13-8-23-43(50)44-24-9-14-29-51(44)66)38-60(57)69(41-19-4-2-5-20-41)58-33-18-34-59(62(58)68)70(63)42-21-6-3-7-22-42/h2-39H,1H3. The maximum Gasteiger partial charge on any atom is 0.264 e. The van der Waals surface area contributed by atoms with Crippen LogP contribution in [-0.2, 0) is 10.8 Å². The van der Waals surface area contributed by atoms with E-state index in [1.807, 2.05) is 0 Å². The van der Waals surface area contributed by atoms with Crippen molar-refractivity contribution in [2.75, 3.05) is 9.80 Å². The van der Waals surface area contributed by atoms with Crippen LogP contribution in [0.5, 0.6) is 0 Å². The summed E-state index contributed by atoms with van der Waals surface area (Å²) in [4.78, 5) is 6.64. The maximum absolute atomic E-state index is 2.68. The average molecular weight is 917 g/mol. The molecule has 1 aromatic heterocycles. The third kappa shape index (κ3) is 4.45. The Hall–Kier alpha value is -8.44. The van der Waals surface area contributed by atoms with Crippen molar-refractivity contribution in [2.45, 2.75) is 17.8 Å². The molecule has 0 radical (unpaired) electrons. The first-order chi connectivity index (χ1) is 35.2. The fourth-order valence-electron chi connectivity index (χ4n) is 14.6. The molecule has 11 aromatic rings. The predicted molar refractivity (Wildman–Crippen MR) is 296 cm³/mol. The van der Waals surface area contributed by atoms with Crippen molar-refractivity contribution in [2.24, 2.45) is 0 Å². The number of rotatable bonds is 2. The van der Waals surface area contributed by atoms with Gasteiger partial charge < -0.3 is 9.80 Å². The third-order valence-corrected chi connectivity index (χ3v) is 18.5. The number of benzene rings is 10. The predicted octanol–water partition coefficient (Wildman–Crippen LogP) is 14.8. The van der Waals surface area contributed by atoms with Crippen LogP contribution >= 0.6 is 11.3 Å². The van der Waals surface area contributed by atoms with Gasteiger partial charge in [-0.2, -0.15) is 0 Å². The highest BCUT2D eigenvalue weighted by atomic mass is 32.1. The second-order valence-electron chi connectivity index (χ2n) is 20.2. The van der Waals surface area contributed by atoms with E-state index >= 15 is 0 Å². The summed E-state index contributed by atoms with van der Waals surface area (Å²) in [7, 11) is 0. The lowest BCUT2D eigenvalue weighted by Gasteiger charge is -2.44. The molecule has 0 saturated heterocycles. The minimum absolute atomic E-state index is 0.0579. The Morgan fingerprint density at radius 3 is 1.39 bits per heavy atom. The number of thiophene rings is 1. The van der Waals surface area contributed by atoms with E-state index in [0.717, 1.165) is 5.69 Å². The molecule has 4 aliphatic carbocycles. The highest BCUT2D eigenvalue weighted by Gasteiger charge is 2.58. The molecule has 4 heteroatoms. The number of nitrogens with zero attached hydrogens (tertiary/aromatic N) is 2. The zero-order chi connectivity index (χ0) is 46.3. The second-order valence-corrected chi connectivity index (χ2v) is 21.3. The second kappa shape index (κ2) is 13.5. The van der Waals surface area contributed by atoms with Crippen molar-refractivity contribution in [1.29, 1.82) is 0 Å². The van der Waals surface area contributed by atoms with E-state index in [1.165, 1.54) is 138 Å². The van der Waals surface area contributed by atoms with E-state index in [9.17, 15) is 0 Å². The molecule has 328 valence electrons. The van der Waals surface area contributed by atoms with E-state index in [1.54, 1.807) is 0 Å². The molecule has 2 nitrogen and oxygen atoms in total. The van der Waals surface area contributed by atoms with Gasteiger partial charge in [0, 0.05) is 43.7 Å². The number of para-hydroxylation sites is 2. The van der Waals surface area contributed by atoms with Crippen LogP contribution in [0.3, 0.4) is 0 Å². The van der Waals surface area contributed by atoms with Gasteiger partial charge in [-0.05, 0) is 138 Å². The Bertz CT molecular complexity index is 4080. The van der Waals surface area contributed by atoms with E-state index in [4.69, 9.17) is 0 Å². The molecule has 0 N–H and O–H groups in total. The maximum atomic E-state index is 2.68. The molecule has 3 heterocycles.